The van der Waals surface area contributed by atoms with Gasteiger partial charge in [0.25, 0.3) is 5.69 Å². The van der Waals surface area contributed by atoms with Crippen LogP contribution in [-0.2, 0) is 10.2 Å². The Balaban J connectivity index is 2.66. The summed E-state index contributed by atoms with van der Waals surface area (Å²) in [5.41, 5.74) is 5.40. The van der Waals surface area contributed by atoms with Gasteiger partial charge in [0.05, 0.1) is 11.0 Å². The third-order valence-corrected chi connectivity index (χ3v) is 4.23. The van der Waals surface area contributed by atoms with Crippen LogP contribution >= 0.6 is 0 Å². The molecular formula is C17H18N2O4. The predicted molar refractivity (Wildman–Crippen MR) is 86.1 cm³/mol. The largest absolute Gasteiger partial charge is 0.481 e. The van der Waals surface area contributed by atoms with E-state index in [1.165, 1.54) is 18.2 Å². The van der Waals surface area contributed by atoms with Crippen molar-refractivity contribution in [2.75, 3.05) is 0 Å². The molecule has 2 aromatic rings. The Morgan fingerprint density at radius 2 is 1.78 bits per heavy atom. The Hall–Kier alpha value is -2.73. The van der Waals surface area contributed by atoms with E-state index in [4.69, 9.17) is 5.73 Å². The van der Waals surface area contributed by atoms with Crippen LogP contribution in [0.25, 0.3) is 0 Å². The monoisotopic (exact) mass is 314 g/mol. The van der Waals surface area contributed by atoms with Gasteiger partial charge < -0.3 is 10.8 Å². The van der Waals surface area contributed by atoms with Crippen LogP contribution in [0.1, 0.15) is 30.5 Å². The second kappa shape index (κ2) is 6.58. The summed E-state index contributed by atoms with van der Waals surface area (Å²) in [6.07, 6.45) is 0.208. The average molecular weight is 314 g/mol. The average Bonchev–Trinajstić information content (AvgIpc) is 2.56. The zero-order valence-electron chi connectivity index (χ0n) is 12.7. The molecule has 0 aliphatic heterocycles. The first kappa shape index (κ1) is 16.6. The molecule has 6 nitrogen and oxygen atoms in total. The molecule has 2 aromatic carbocycles. The van der Waals surface area contributed by atoms with Gasteiger partial charge in [-0.25, -0.2) is 0 Å². The van der Waals surface area contributed by atoms with E-state index in [1.807, 2.05) is 0 Å². The van der Waals surface area contributed by atoms with Gasteiger partial charge in [0.2, 0.25) is 0 Å². The van der Waals surface area contributed by atoms with Crippen molar-refractivity contribution in [3.8, 4) is 0 Å². The van der Waals surface area contributed by atoms with Crippen LogP contribution in [0.5, 0.6) is 0 Å². The lowest BCUT2D eigenvalue weighted by atomic mass is 9.70. The molecule has 3 N–H and O–H groups in total. The fraction of sp³-hybridized carbons (Fsp3) is 0.235. The van der Waals surface area contributed by atoms with E-state index in [9.17, 15) is 20.0 Å². The first-order valence-electron chi connectivity index (χ1n) is 7.23. The van der Waals surface area contributed by atoms with Crippen molar-refractivity contribution < 1.29 is 14.8 Å². The van der Waals surface area contributed by atoms with Crippen molar-refractivity contribution in [1.82, 2.24) is 0 Å². The molecule has 0 fully saturated rings. The van der Waals surface area contributed by atoms with Gasteiger partial charge in [0, 0.05) is 11.6 Å². The lowest BCUT2D eigenvalue weighted by molar-refractivity contribution is -0.385. The van der Waals surface area contributed by atoms with Gasteiger partial charge in [-0.15, -0.1) is 0 Å². The van der Waals surface area contributed by atoms with Gasteiger partial charge in [-0.2, -0.15) is 0 Å². The number of carboxylic acid groups (broad SMARTS) is 1. The number of rotatable bonds is 6. The number of aliphatic carboxylic acids is 1. The Morgan fingerprint density at radius 1 is 1.22 bits per heavy atom. The van der Waals surface area contributed by atoms with Crippen LogP contribution in [0.15, 0.2) is 54.6 Å². The van der Waals surface area contributed by atoms with E-state index in [0.29, 0.717) is 5.56 Å². The Labute approximate surface area is 133 Å². The third-order valence-electron chi connectivity index (χ3n) is 4.23. The molecular weight excluding hydrogens is 296 g/mol. The minimum absolute atomic E-state index is 0.171. The summed E-state index contributed by atoms with van der Waals surface area (Å²) in [4.78, 5) is 22.8. The molecule has 0 aromatic heterocycles. The highest BCUT2D eigenvalue weighted by molar-refractivity contribution is 5.83. The quantitative estimate of drug-likeness (QED) is 0.629. The van der Waals surface area contributed by atoms with E-state index < -0.39 is 22.3 Å². The first-order chi connectivity index (χ1) is 10.9. The number of nitrogens with two attached hydrogens (primary N) is 1. The summed E-state index contributed by atoms with van der Waals surface area (Å²) in [5, 5.41) is 21.1. The second-order valence-corrected chi connectivity index (χ2v) is 5.29. The molecule has 0 saturated carbocycles. The summed E-state index contributed by atoms with van der Waals surface area (Å²) < 4.78 is 0. The number of para-hydroxylation sites is 1. The molecule has 2 atom stereocenters. The fourth-order valence-electron chi connectivity index (χ4n) is 2.93. The second-order valence-electron chi connectivity index (χ2n) is 5.29. The molecule has 0 aliphatic rings. The van der Waals surface area contributed by atoms with Crippen LogP contribution in [0.3, 0.4) is 0 Å². The van der Waals surface area contributed by atoms with Gasteiger partial charge in [0.15, 0.2) is 0 Å². The van der Waals surface area contributed by atoms with Crippen molar-refractivity contribution in [2.45, 2.75) is 24.8 Å². The van der Waals surface area contributed by atoms with Crippen molar-refractivity contribution >= 4 is 11.7 Å². The topological polar surface area (TPSA) is 106 Å². The smallest absolute Gasteiger partial charge is 0.316 e. The third kappa shape index (κ3) is 2.80. The normalized spacial score (nSPS) is 14.7. The lowest BCUT2D eigenvalue weighted by Gasteiger charge is -2.34. The molecule has 0 aliphatic carbocycles. The van der Waals surface area contributed by atoms with Gasteiger partial charge >= 0.3 is 5.97 Å². The maximum Gasteiger partial charge on any atom is 0.316 e. The maximum absolute atomic E-state index is 12.1. The van der Waals surface area contributed by atoms with Crippen LogP contribution < -0.4 is 5.73 Å². The van der Waals surface area contributed by atoms with Crippen molar-refractivity contribution in [3.05, 3.63) is 75.8 Å². The zero-order valence-corrected chi connectivity index (χ0v) is 12.7. The molecule has 0 spiro atoms. The number of carboxylic acids is 1. The van der Waals surface area contributed by atoms with Crippen LogP contribution in [0.2, 0.25) is 0 Å². The summed E-state index contributed by atoms with van der Waals surface area (Å²) in [5.74, 6) is -1.10. The van der Waals surface area contributed by atoms with Crippen molar-refractivity contribution in [2.24, 2.45) is 5.73 Å². The van der Waals surface area contributed by atoms with Gasteiger partial charge in [-0.3, -0.25) is 14.9 Å². The SMILES string of the molecule is CC[C@](C(=O)O)(c1ccccc1)[C@@H](N)c1ccccc1[N+](=O)[O-]. The molecule has 120 valence electrons. The zero-order chi connectivity index (χ0) is 17.0. The molecule has 0 unspecified atom stereocenters. The molecule has 0 saturated heterocycles. The summed E-state index contributed by atoms with van der Waals surface area (Å²) >= 11 is 0. The van der Waals surface area contributed by atoms with Crippen molar-refractivity contribution in [3.63, 3.8) is 0 Å². The first-order valence-corrected chi connectivity index (χ1v) is 7.23. The van der Waals surface area contributed by atoms with E-state index >= 15 is 0 Å². The van der Waals surface area contributed by atoms with Crippen molar-refractivity contribution in [1.29, 1.82) is 0 Å². The standard InChI is InChI=1S/C17H18N2O4/c1-2-17(16(20)21,12-8-4-3-5-9-12)15(18)13-10-6-7-11-14(13)19(22)23/h3-11,15H,2,18H2,1H3,(H,20,21)/t15-,17-/m0/s1. The van der Waals surface area contributed by atoms with Gasteiger partial charge in [-0.1, -0.05) is 55.5 Å². The highest BCUT2D eigenvalue weighted by Gasteiger charge is 2.46. The minimum atomic E-state index is -1.44. The molecule has 0 bridgehead atoms. The van der Waals surface area contributed by atoms with Gasteiger partial charge in [-0.05, 0) is 12.0 Å². The lowest BCUT2D eigenvalue weighted by Crippen LogP contribution is -2.45. The van der Waals surface area contributed by atoms with Crippen LogP contribution in [0.4, 0.5) is 5.69 Å². The highest BCUT2D eigenvalue weighted by Crippen LogP contribution is 2.41. The molecule has 6 heteroatoms. The molecule has 0 radical (unpaired) electrons. The van der Waals surface area contributed by atoms with E-state index in [-0.39, 0.29) is 17.7 Å². The number of nitro benzene ring substituents is 1. The minimum Gasteiger partial charge on any atom is -0.481 e. The van der Waals surface area contributed by atoms with Crippen LogP contribution in [0, 0.1) is 10.1 Å². The van der Waals surface area contributed by atoms with Gasteiger partial charge in [0.1, 0.15) is 5.41 Å². The summed E-state index contributed by atoms with van der Waals surface area (Å²) in [6.45, 7) is 1.72. The number of carbonyl (C=O) groups is 1. The summed E-state index contributed by atoms with van der Waals surface area (Å²) in [6, 6.07) is 13.6. The number of hydrogen-bond donors (Lipinski definition) is 2. The molecule has 23 heavy (non-hydrogen) atoms. The number of hydrogen-bond acceptors (Lipinski definition) is 4. The van der Waals surface area contributed by atoms with E-state index in [0.717, 1.165) is 0 Å². The molecule has 0 amide bonds. The van der Waals surface area contributed by atoms with Crippen LogP contribution in [-0.4, -0.2) is 16.0 Å². The fourth-order valence-corrected chi connectivity index (χ4v) is 2.93. The summed E-state index contributed by atoms with van der Waals surface area (Å²) in [7, 11) is 0. The molecule has 2 rings (SSSR count). The Morgan fingerprint density at radius 3 is 2.30 bits per heavy atom. The Kier molecular flexibility index (Phi) is 4.76. The number of nitrogens with zero attached hydrogens (tertiary/aromatic N) is 1. The maximum atomic E-state index is 12.1. The van der Waals surface area contributed by atoms with E-state index in [2.05, 4.69) is 0 Å². The Bertz CT molecular complexity index is 718. The highest BCUT2D eigenvalue weighted by atomic mass is 16.6. The van der Waals surface area contributed by atoms with E-state index in [1.54, 1.807) is 43.3 Å². The predicted octanol–water partition coefficient (Wildman–Crippen LogP) is 3.03. The molecule has 0 heterocycles. The number of benzene rings is 2. The number of nitro groups is 1.